The van der Waals surface area contributed by atoms with Crippen molar-refractivity contribution in [3.63, 3.8) is 0 Å². The van der Waals surface area contributed by atoms with Gasteiger partial charge in [-0.1, -0.05) is 24.3 Å². The number of rotatable bonds is 2. The van der Waals surface area contributed by atoms with Crippen LogP contribution in [0.3, 0.4) is 0 Å². The van der Waals surface area contributed by atoms with Crippen molar-refractivity contribution in [1.82, 2.24) is 0 Å². The molecule has 21 heavy (non-hydrogen) atoms. The first-order valence-electron chi connectivity index (χ1n) is 7.42. The fraction of sp³-hybridized carbons (Fsp3) is 0.333. The SMILES string of the molecule is NC1c2ccccc2CCCC1Cc1cc(F)cc(F)c1. The van der Waals surface area contributed by atoms with E-state index in [1.165, 1.54) is 23.3 Å². The summed E-state index contributed by atoms with van der Waals surface area (Å²) in [6.07, 6.45) is 3.68. The van der Waals surface area contributed by atoms with Crippen LogP contribution >= 0.6 is 0 Å². The maximum Gasteiger partial charge on any atom is 0.126 e. The molecule has 3 rings (SSSR count). The summed E-state index contributed by atoms with van der Waals surface area (Å²) in [5.41, 5.74) is 9.60. The second-order valence-corrected chi connectivity index (χ2v) is 5.86. The molecule has 2 unspecified atom stereocenters. The Morgan fingerprint density at radius 3 is 2.52 bits per heavy atom. The highest BCUT2D eigenvalue weighted by atomic mass is 19.1. The van der Waals surface area contributed by atoms with Crippen molar-refractivity contribution in [2.75, 3.05) is 0 Å². The molecule has 2 aromatic rings. The third-order valence-electron chi connectivity index (χ3n) is 4.36. The number of hydrogen-bond acceptors (Lipinski definition) is 1. The van der Waals surface area contributed by atoms with Gasteiger partial charge in [-0.2, -0.15) is 0 Å². The van der Waals surface area contributed by atoms with E-state index >= 15 is 0 Å². The number of nitrogens with two attached hydrogens (primary N) is 1. The average molecular weight is 287 g/mol. The van der Waals surface area contributed by atoms with Gasteiger partial charge >= 0.3 is 0 Å². The molecule has 2 aromatic carbocycles. The van der Waals surface area contributed by atoms with Gasteiger partial charge < -0.3 is 5.73 Å². The summed E-state index contributed by atoms with van der Waals surface area (Å²) in [5.74, 6) is -0.824. The van der Waals surface area contributed by atoms with Crippen LogP contribution in [-0.4, -0.2) is 0 Å². The Hall–Kier alpha value is -1.74. The van der Waals surface area contributed by atoms with Crippen LogP contribution in [0.15, 0.2) is 42.5 Å². The quantitative estimate of drug-likeness (QED) is 0.825. The molecule has 0 saturated heterocycles. The Morgan fingerprint density at radius 1 is 1.05 bits per heavy atom. The molecular weight excluding hydrogens is 268 g/mol. The highest BCUT2D eigenvalue weighted by Gasteiger charge is 2.25. The van der Waals surface area contributed by atoms with Gasteiger partial charge in [0.1, 0.15) is 11.6 Å². The van der Waals surface area contributed by atoms with E-state index in [1.807, 2.05) is 12.1 Å². The highest BCUT2D eigenvalue weighted by molar-refractivity contribution is 5.32. The third kappa shape index (κ3) is 3.13. The van der Waals surface area contributed by atoms with E-state index in [4.69, 9.17) is 5.73 Å². The molecule has 0 aromatic heterocycles. The zero-order valence-electron chi connectivity index (χ0n) is 11.9. The normalized spacial score (nSPS) is 21.7. The lowest BCUT2D eigenvalue weighted by Gasteiger charge is -2.23. The highest BCUT2D eigenvalue weighted by Crippen LogP contribution is 2.33. The molecule has 0 spiro atoms. The first-order valence-corrected chi connectivity index (χ1v) is 7.42. The van der Waals surface area contributed by atoms with Gasteiger partial charge in [-0.05, 0) is 60.4 Å². The van der Waals surface area contributed by atoms with Crippen molar-refractivity contribution in [3.05, 3.63) is 70.8 Å². The lowest BCUT2D eigenvalue weighted by Crippen LogP contribution is -2.23. The summed E-state index contributed by atoms with van der Waals surface area (Å²) in [6, 6.07) is 11.9. The minimum atomic E-state index is -0.521. The van der Waals surface area contributed by atoms with E-state index < -0.39 is 11.6 Å². The minimum Gasteiger partial charge on any atom is -0.324 e. The third-order valence-corrected chi connectivity index (χ3v) is 4.36. The van der Waals surface area contributed by atoms with Gasteiger partial charge in [0.15, 0.2) is 0 Å². The van der Waals surface area contributed by atoms with Gasteiger partial charge in [0.25, 0.3) is 0 Å². The van der Waals surface area contributed by atoms with Gasteiger partial charge in [-0.25, -0.2) is 8.78 Å². The van der Waals surface area contributed by atoms with E-state index in [2.05, 4.69) is 12.1 Å². The fourth-order valence-corrected chi connectivity index (χ4v) is 3.34. The van der Waals surface area contributed by atoms with Crippen LogP contribution in [0.4, 0.5) is 8.78 Å². The summed E-state index contributed by atoms with van der Waals surface area (Å²) in [6.45, 7) is 0. The molecule has 110 valence electrons. The monoisotopic (exact) mass is 287 g/mol. The molecule has 2 atom stereocenters. The number of fused-ring (bicyclic) bond motifs is 1. The Kier molecular flexibility index (Phi) is 4.02. The van der Waals surface area contributed by atoms with Gasteiger partial charge in [-0.3, -0.25) is 0 Å². The van der Waals surface area contributed by atoms with Gasteiger partial charge in [-0.15, -0.1) is 0 Å². The predicted molar refractivity (Wildman–Crippen MR) is 79.9 cm³/mol. The molecule has 1 nitrogen and oxygen atoms in total. The molecular formula is C18H19F2N. The summed E-state index contributed by atoms with van der Waals surface area (Å²) < 4.78 is 26.7. The lowest BCUT2D eigenvalue weighted by molar-refractivity contribution is 0.400. The molecule has 1 aliphatic rings. The summed E-state index contributed by atoms with van der Waals surface area (Å²) >= 11 is 0. The molecule has 0 bridgehead atoms. The van der Waals surface area contributed by atoms with Crippen LogP contribution in [0.25, 0.3) is 0 Å². The van der Waals surface area contributed by atoms with E-state index in [9.17, 15) is 8.78 Å². The summed E-state index contributed by atoms with van der Waals surface area (Å²) in [7, 11) is 0. The van der Waals surface area contributed by atoms with Crippen molar-refractivity contribution in [2.45, 2.75) is 31.7 Å². The van der Waals surface area contributed by atoms with Crippen LogP contribution in [0.1, 0.15) is 35.6 Å². The number of halogens is 2. The molecule has 1 aliphatic carbocycles. The van der Waals surface area contributed by atoms with Crippen LogP contribution in [0.5, 0.6) is 0 Å². The number of aryl methyl sites for hydroxylation is 1. The maximum absolute atomic E-state index is 13.3. The predicted octanol–water partition coefficient (Wildman–Crippen LogP) is 4.16. The molecule has 0 heterocycles. The van der Waals surface area contributed by atoms with Crippen molar-refractivity contribution in [1.29, 1.82) is 0 Å². The molecule has 3 heteroatoms. The number of benzene rings is 2. The largest absolute Gasteiger partial charge is 0.324 e. The van der Waals surface area contributed by atoms with Gasteiger partial charge in [0.2, 0.25) is 0 Å². The molecule has 0 amide bonds. The van der Waals surface area contributed by atoms with Crippen molar-refractivity contribution < 1.29 is 8.78 Å². The summed E-state index contributed by atoms with van der Waals surface area (Å²) in [4.78, 5) is 0. The zero-order chi connectivity index (χ0) is 14.8. The second-order valence-electron chi connectivity index (χ2n) is 5.86. The maximum atomic E-state index is 13.3. The van der Waals surface area contributed by atoms with E-state index in [1.54, 1.807) is 0 Å². The van der Waals surface area contributed by atoms with Crippen molar-refractivity contribution >= 4 is 0 Å². The first-order chi connectivity index (χ1) is 10.1. The van der Waals surface area contributed by atoms with E-state index in [0.717, 1.165) is 25.3 Å². The zero-order valence-corrected chi connectivity index (χ0v) is 11.9. The van der Waals surface area contributed by atoms with Crippen LogP contribution in [-0.2, 0) is 12.8 Å². The fourth-order valence-electron chi connectivity index (χ4n) is 3.34. The molecule has 0 fully saturated rings. The standard InChI is InChI=1S/C18H19F2N/c19-15-9-12(10-16(20)11-15)8-14-6-3-5-13-4-1-2-7-17(13)18(14)21/h1-2,4,7,9-11,14,18H,3,5-6,8,21H2. The minimum absolute atomic E-state index is 0.0740. The van der Waals surface area contributed by atoms with Crippen LogP contribution < -0.4 is 5.73 Å². The number of hydrogen-bond donors (Lipinski definition) is 1. The lowest BCUT2D eigenvalue weighted by atomic mass is 9.86. The average Bonchev–Trinajstić information content (AvgIpc) is 2.59. The van der Waals surface area contributed by atoms with E-state index in [-0.39, 0.29) is 12.0 Å². The summed E-state index contributed by atoms with van der Waals surface area (Å²) in [5, 5.41) is 0. The first kappa shape index (κ1) is 14.2. The van der Waals surface area contributed by atoms with Crippen molar-refractivity contribution in [2.24, 2.45) is 11.7 Å². The van der Waals surface area contributed by atoms with Crippen LogP contribution in [0.2, 0.25) is 0 Å². The smallest absolute Gasteiger partial charge is 0.126 e. The Balaban J connectivity index is 1.85. The Labute approximate surface area is 123 Å². The van der Waals surface area contributed by atoms with Crippen molar-refractivity contribution in [3.8, 4) is 0 Å². The molecule has 2 N–H and O–H groups in total. The van der Waals surface area contributed by atoms with Gasteiger partial charge in [0.05, 0.1) is 0 Å². The topological polar surface area (TPSA) is 26.0 Å². The Bertz CT molecular complexity index is 619. The molecule has 0 saturated carbocycles. The second kappa shape index (κ2) is 5.94. The van der Waals surface area contributed by atoms with E-state index in [0.29, 0.717) is 12.0 Å². The Morgan fingerprint density at radius 2 is 1.76 bits per heavy atom. The molecule has 0 radical (unpaired) electrons. The molecule has 0 aliphatic heterocycles. The van der Waals surface area contributed by atoms with Crippen LogP contribution in [0, 0.1) is 17.6 Å². The van der Waals surface area contributed by atoms with Gasteiger partial charge in [0, 0.05) is 12.1 Å².